The summed E-state index contributed by atoms with van der Waals surface area (Å²) in [6, 6.07) is 15.0. The maximum Gasteiger partial charge on any atom is 0.280 e. The fraction of sp³-hybridized carbons (Fsp3) is 0.136. The molecule has 2 aromatic carbocycles. The van der Waals surface area contributed by atoms with E-state index in [1.54, 1.807) is 13.0 Å². The van der Waals surface area contributed by atoms with Crippen LogP contribution in [0.15, 0.2) is 68.5 Å². The molecule has 0 atom stereocenters. The number of hydrogen-bond acceptors (Lipinski definition) is 3. The molecule has 0 saturated carbocycles. The molecule has 2 heterocycles. The lowest BCUT2D eigenvalue weighted by atomic mass is 10.1. The van der Waals surface area contributed by atoms with Crippen molar-refractivity contribution in [2.75, 3.05) is 5.01 Å². The Labute approximate surface area is 176 Å². The summed E-state index contributed by atoms with van der Waals surface area (Å²) in [4.78, 5) is 25.9. The zero-order valence-electron chi connectivity index (χ0n) is 16.2. The molecule has 4 rings (SSSR count). The molecular formula is C22H19BrN4O2. The molecule has 0 spiro atoms. The first-order chi connectivity index (χ1) is 13.8. The van der Waals surface area contributed by atoms with Crippen molar-refractivity contribution in [3.63, 3.8) is 0 Å². The van der Waals surface area contributed by atoms with Crippen LogP contribution in [0.25, 0.3) is 11.8 Å². The second-order valence-electron chi connectivity index (χ2n) is 6.96. The number of rotatable bonds is 3. The van der Waals surface area contributed by atoms with E-state index >= 15 is 0 Å². The fourth-order valence-electron chi connectivity index (χ4n) is 3.19. The number of hydrazone groups is 1. The van der Waals surface area contributed by atoms with Crippen molar-refractivity contribution in [1.82, 2.24) is 9.78 Å². The summed E-state index contributed by atoms with van der Waals surface area (Å²) in [7, 11) is 0. The predicted molar refractivity (Wildman–Crippen MR) is 119 cm³/mol. The van der Waals surface area contributed by atoms with E-state index < -0.39 is 0 Å². The lowest BCUT2D eigenvalue weighted by molar-refractivity contribution is -0.114. The first-order valence-corrected chi connectivity index (χ1v) is 9.90. The van der Waals surface area contributed by atoms with E-state index in [0.717, 1.165) is 15.7 Å². The van der Waals surface area contributed by atoms with E-state index in [2.05, 4.69) is 26.1 Å². The summed E-state index contributed by atoms with van der Waals surface area (Å²) < 4.78 is 2.41. The molecular weight excluding hydrogens is 432 g/mol. The van der Waals surface area contributed by atoms with Crippen LogP contribution >= 0.6 is 15.9 Å². The number of H-pyrrole nitrogens is 1. The lowest BCUT2D eigenvalue weighted by Crippen LogP contribution is -2.21. The highest BCUT2D eigenvalue weighted by Crippen LogP contribution is 2.26. The van der Waals surface area contributed by atoms with Crippen LogP contribution in [0.4, 0.5) is 5.69 Å². The van der Waals surface area contributed by atoms with Crippen LogP contribution in [0.3, 0.4) is 0 Å². The fourth-order valence-corrected chi connectivity index (χ4v) is 3.46. The number of benzene rings is 2. The van der Waals surface area contributed by atoms with Gasteiger partial charge in [-0.1, -0.05) is 33.6 Å². The summed E-state index contributed by atoms with van der Waals surface area (Å²) in [6.45, 7) is 5.58. The van der Waals surface area contributed by atoms with Crippen molar-refractivity contribution in [3.8, 4) is 5.69 Å². The number of aromatic amines is 1. The first kappa shape index (κ1) is 19.1. The standard InChI is InChI=1S/C22H19BrN4O2/c1-13-4-8-17(9-5-13)26-21(28)19(14(2)24-26)12-20-15(3)25-27(22(20)29)18-10-6-16(23)7-11-18/h4-12,24H,1-3H3. The number of nitrogens with one attached hydrogen (secondary N) is 1. The molecule has 3 aromatic rings. The van der Waals surface area contributed by atoms with Gasteiger partial charge in [0.2, 0.25) is 0 Å². The Morgan fingerprint density at radius 1 is 0.931 bits per heavy atom. The highest BCUT2D eigenvalue weighted by Gasteiger charge is 2.29. The van der Waals surface area contributed by atoms with Crippen LogP contribution in [-0.2, 0) is 4.79 Å². The van der Waals surface area contributed by atoms with Crippen LogP contribution in [0.5, 0.6) is 0 Å². The Balaban J connectivity index is 1.72. The zero-order valence-corrected chi connectivity index (χ0v) is 17.8. The van der Waals surface area contributed by atoms with Crippen LogP contribution in [0, 0.1) is 13.8 Å². The van der Waals surface area contributed by atoms with Crippen molar-refractivity contribution in [2.24, 2.45) is 5.10 Å². The summed E-state index contributed by atoms with van der Waals surface area (Å²) in [5.41, 5.74) is 4.43. The molecule has 0 fully saturated rings. The van der Waals surface area contributed by atoms with Gasteiger partial charge in [0, 0.05) is 10.2 Å². The number of hydrogen-bond donors (Lipinski definition) is 1. The van der Waals surface area contributed by atoms with Gasteiger partial charge in [-0.25, -0.2) is 4.68 Å². The SMILES string of the molecule is CC1=NN(c2ccc(Br)cc2)C(=O)C1=Cc1c(C)[nH]n(-c2ccc(C)cc2)c1=O. The zero-order chi connectivity index (χ0) is 20.7. The number of amides is 1. The van der Waals surface area contributed by atoms with Crippen molar-refractivity contribution >= 4 is 39.3 Å². The van der Waals surface area contributed by atoms with E-state index in [9.17, 15) is 9.59 Å². The van der Waals surface area contributed by atoms with Gasteiger partial charge in [-0.3, -0.25) is 14.7 Å². The quantitative estimate of drug-likeness (QED) is 0.602. The Hall–Kier alpha value is -3.19. The molecule has 7 heteroatoms. The minimum Gasteiger partial charge on any atom is -0.295 e. The second kappa shape index (κ2) is 7.33. The van der Waals surface area contributed by atoms with Gasteiger partial charge >= 0.3 is 0 Å². The van der Waals surface area contributed by atoms with Crippen molar-refractivity contribution in [3.05, 3.63) is 85.8 Å². The molecule has 0 unspecified atom stereocenters. The van der Waals surface area contributed by atoms with Crippen molar-refractivity contribution in [1.29, 1.82) is 0 Å². The van der Waals surface area contributed by atoms with Gasteiger partial charge in [-0.15, -0.1) is 0 Å². The summed E-state index contributed by atoms with van der Waals surface area (Å²) in [5.74, 6) is -0.258. The van der Waals surface area contributed by atoms with Gasteiger partial charge in [0.05, 0.1) is 28.2 Å². The maximum absolute atomic E-state index is 13.0. The highest BCUT2D eigenvalue weighted by molar-refractivity contribution is 9.10. The summed E-state index contributed by atoms with van der Waals surface area (Å²) >= 11 is 3.39. The molecule has 0 bridgehead atoms. The van der Waals surface area contributed by atoms with Crippen molar-refractivity contribution < 1.29 is 4.79 Å². The molecule has 6 nitrogen and oxygen atoms in total. The van der Waals surface area contributed by atoms with Gasteiger partial charge in [-0.05, 0) is 63.2 Å². The Bertz CT molecular complexity index is 1220. The third-order valence-electron chi connectivity index (χ3n) is 4.83. The first-order valence-electron chi connectivity index (χ1n) is 9.11. The van der Waals surface area contributed by atoms with E-state index in [4.69, 9.17) is 0 Å². The van der Waals surface area contributed by atoms with E-state index in [1.807, 2.05) is 62.4 Å². The molecule has 1 aliphatic heterocycles. The van der Waals surface area contributed by atoms with Crippen LogP contribution in [-0.4, -0.2) is 21.4 Å². The van der Waals surface area contributed by atoms with Crippen LogP contribution in [0.1, 0.15) is 23.7 Å². The van der Waals surface area contributed by atoms with Crippen molar-refractivity contribution in [2.45, 2.75) is 20.8 Å². The third-order valence-corrected chi connectivity index (χ3v) is 5.36. The Morgan fingerprint density at radius 2 is 1.55 bits per heavy atom. The molecule has 146 valence electrons. The lowest BCUT2D eigenvalue weighted by Gasteiger charge is -2.11. The topological polar surface area (TPSA) is 70.5 Å². The average Bonchev–Trinajstić information content (AvgIpc) is 3.14. The molecule has 29 heavy (non-hydrogen) atoms. The van der Waals surface area contributed by atoms with Gasteiger partial charge < -0.3 is 0 Å². The largest absolute Gasteiger partial charge is 0.295 e. The molecule has 0 radical (unpaired) electrons. The molecule has 0 saturated heterocycles. The molecule has 0 aliphatic carbocycles. The summed E-state index contributed by atoms with van der Waals surface area (Å²) in [6.07, 6.45) is 1.62. The number of aryl methyl sites for hydroxylation is 2. The number of carbonyl (C=O) groups is 1. The van der Waals surface area contributed by atoms with E-state index in [1.165, 1.54) is 9.69 Å². The van der Waals surface area contributed by atoms with Gasteiger partial charge in [-0.2, -0.15) is 10.1 Å². The minimum atomic E-state index is -0.258. The number of carbonyl (C=O) groups excluding carboxylic acids is 1. The van der Waals surface area contributed by atoms with Gasteiger partial charge in [0.25, 0.3) is 11.5 Å². The number of halogens is 1. The molecule has 1 aliphatic rings. The smallest absolute Gasteiger partial charge is 0.280 e. The Morgan fingerprint density at radius 3 is 2.21 bits per heavy atom. The molecule has 1 N–H and O–H groups in total. The van der Waals surface area contributed by atoms with Crippen LogP contribution in [0.2, 0.25) is 0 Å². The predicted octanol–water partition coefficient (Wildman–Crippen LogP) is 4.35. The maximum atomic E-state index is 13.0. The van der Waals surface area contributed by atoms with Gasteiger partial charge in [0.15, 0.2) is 0 Å². The second-order valence-corrected chi connectivity index (χ2v) is 7.88. The minimum absolute atomic E-state index is 0.207. The van der Waals surface area contributed by atoms with E-state index in [0.29, 0.717) is 28.2 Å². The number of anilines is 1. The molecule has 1 aromatic heterocycles. The van der Waals surface area contributed by atoms with Gasteiger partial charge in [0.1, 0.15) is 0 Å². The monoisotopic (exact) mass is 450 g/mol. The van der Waals surface area contributed by atoms with E-state index in [-0.39, 0.29) is 11.5 Å². The summed E-state index contributed by atoms with van der Waals surface area (Å²) in [5, 5.41) is 8.83. The highest BCUT2D eigenvalue weighted by atomic mass is 79.9. The Kier molecular flexibility index (Phi) is 4.84. The number of nitrogens with zero attached hydrogens (tertiary/aromatic N) is 3. The third kappa shape index (κ3) is 3.49. The average molecular weight is 451 g/mol. The normalized spacial score (nSPS) is 15.3. The number of aromatic nitrogens is 2. The van der Waals surface area contributed by atoms with Crippen LogP contribution < -0.4 is 10.6 Å². The molecule has 1 amide bonds.